The Hall–Kier alpha value is -6.03. The molecule has 6 aromatic rings. The number of ether oxygens (including phenoxy) is 3. The number of phenolic OH excluding ortho intramolecular Hbond substituents is 3. The molecule has 12 nitrogen and oxygen atoms in total. The molecule has 6 rings (SSSR count). The highest BCUT2D eigenvalue weighted by Gasteiger charge is 2.22. The van der Waals surface area contributed by atoms with E-state index in [0.29, 0.717) is 11.5 Å². The zero-order chi connectivity index (χ0) is 38.5. The second-order valence-electron chi connectivity index (χ2n) is 11.8. The lowest BCUT2D eigenvalue weighted by Gasteiger charge is -2.21. The number of phenols is 3. The molecule has 0 atom stereocenters. The SMILES string of the molecule is O=S(=O)(c1ccc(O)cc1)c1ccc(OCC(COc2ccc(S(=O)(=O)c3ccc(O)cc3)cc2)Oc2ccc(S(=O)(=O)c3ccc(O)cc3)cc2)cc1. The van der Waals surface area contributed by atoms with E-state index in [-0.39, 0.29) is 65.6 Å². The maximum absolute atomic E-state index is 13.1. The predicted molar refractivity (Wildman–Crippen MR) is 195 cm³/mol. The summed E-state index contributed by atoms with van der Waals surface area (Å²) in [6.07, 6.45) is -0.814. The van der Waals surface area contributed by atoms with Crippen molar-refractivity contribution in [1.29, 1.82) is 0 Å². The van der Waals surface area contributed by atoms with E-state index in [9.17, 15) is 40.6 Å². The third-order valence-corrected chi connectivity index (χ3v) is 13.4. The summed E-state index contributed by atoms with van der Waals surface area (Å²) in [5.41, 5.74) is 0. The van der Waals surface area contributed by atoms with Gasteiger partial charge < -0.3 is 29.5 Å². The largest absolute Gasteiger partial charge is 0.508 e. The molecule has 278 valence electrons. The third-order valence-electron chi connectivity index (χ3n) is 8.02. The highest BCUT2D eigenvalue weighted by molar-refractivity contribution is 7.92. The molecule has 0 bridgehead atoms. The van der Waals surface area contributed by atoms with Gasteiger partial charge in [-0.2, -0.15) is 0 Å². The van der Waals surface area contributed by atoms with Crippen LogP contribution >= 0.6 is 0 Å². The molecular weight excluding hydrogens is 757 g/mol. The number of aromatic hydroxyl groups is 3. The number of sulfone groups is 3. The molecular formula is C39H32O12S3. The molecule has 0 unspecified atom stereocenters. The number of hydrogen-bond acceptors (Lipinski definition) is 12. The number of hydrogen-bond donors (Lipinski definition) is 3. The molecule has 0 radical (unpaired) electrons. The van der Waals surface area contributed by atoms with Crippen LogP contribution in [0.2, 0.25) is 0 Å². The maximum Gasteiger partial charge on any atom is 0.206 e. The van der Waals surface area contributed by atoms with E-state index in [0.717, 1.165) is 0 Å². The maximum atomic E-state index is 13.1. The Kier molecular flexibility index (Phi) is 10.8. The minimum Gasteiger partial charge on any atom is -0.508 e. The van der Waals surface area contributed by atoms with E-state index in [1.54, 1.807) is 0 Å². The zero-order valence-electron chi connectivity index (χ0n) is 28.1. The monoisotopic (exact) mass is 788 g/mol. The third kappa shape index (κ3) is 8.60. The van der Waals surface area contributed by atoms with Crippen LogP contribution in [-0.2, 0) is 29.5 Å². The molecule has 0 aliphatic rings. The molecule has 54 heavy (non-hydrogen) atoms. The molecule has 3 N–H and O–H groups in total. The molecule has 0 spiro atoms. The van der Waals surface area contributed by atoms with Gasteiger partial charge in [0.1, 0.15) is 47.7 Å². The van der Waals surface area contributed by atoms with Gasteiger partial charge in [0.2, 0.25) is 29.5 Å². The van der Waals surface area contributed by atoms with Gasteiger partial charge in [-0.25, -0.2) is 25.3 Å². The van der Waals surface area contributed by atoms with Crippen molar-refractivity contribution in [2.75, 3.05) is 13.2 Å². The van der Waals surface area contributed by atoms with E-state index in [1.165, 1.54) is 146 Å². The van der Waals surface area contributed by atoms with Gasteiger partial charge in [-0.3, -0.25) is 0 Å². The Balaban J connectivity index is 1.18. The summed E-state index contributed by atoms with van der Waals surface area (Å²) in [5.74, 6) is 0.703. The van der Waals surface area contributed by atoms with E-state index < -0.39 is 35.6 Å². The van der Waals surface area contributed by atoms with Crippen molar-refractivity contribution >= 4 is 29.5 Å². The van der Waals surface area contributed by atoms with Crippen molar-refractivity contribution in [3.63, 3.8) is 0 Å². The van der Waals surface area contributed by atoms with Gasteiger partial charge in [0.05, 0.1) is 29.4 Å². The Morgan fingerprint density at radius 3 is 0.833 bits per heavy atom. The van der Waals surface area contributed by atoms with E-state index in [4.69, 9.17) is 14.2 Å². The first kappa shape index (κ1) is 37.7. The smallest absolute Gasteiger partial charge is 0.206 e. The molecule has 0 saturated carbocycles. The van der Waals surface area contributed by atoms with Crippen LogP contribution < -0.4 is 14.2 Å². The lowest BCUT2D eigenvalue weighted by atomic mass is 10.3. The van der Waals surface area contributed by atoms with Crippen LogP contribution in [0.1, 0.15) is 0 Å². The summed E-state index contributed by atoms with van der Waals surface area (Å²) < 4.78 is 96.4. The molecule has 15 heteroatoms. The van der Waals surface area contributed by atoms with Gasteiger partial charge in [-0.15, -0.1) is 0 Å². The lowest BCUT2D eigenvalue weighted by Crippen LogP contribution is -2.31. The van der Waals surface area contributed by atoms with Crippen LogP contribution in [0.15, 0.2) is 175 Å². The molecule has 0 fully saturated rings. The Labute approximate surface area is 311 Å². The second kappa shape index (κ2) is 15.5. The van der Waals surface area contributed by atoms with Crippen molar-refractivity contribution in [2.24, 2.45) is 0 Å². The topological polar surface area (TPSA) is 191 Å². The lowest BCUT2D eigenvalue weighted by molar-refractivity contribution is 0.0811. The summed E-state index contributed by atoms with van der Waals surface area (Å²) in [6.45, 7) is -0.212. The normalized spacial score (nSPS) is 11.9. The predicted octanol–water partition coefficient (Wildman–Crippen LogP) is 6.21. The van der Waals surface area contributed by atoms with Crippen molar-refractivity contribution in [1.82, 2.24) is 0 Å². The van der Waals surface area contributed by atoms with E-state index in [1.807, 2.05) is 0 Å². The Morgan fingerprint density at radius 1 is 0.352 bits per heavy atom. The van der Waals surface area contributed by atoms with Gasteiger partial charge in [0.25, 0.3) is 0 Å². The fourth-order valence-electron chi connectivity index (χ4n) is 5.10. The second-order valence-corrected chi connectivity index (χ2v) is 17.6. The summed E-state index contributed by atoms with van der Waals surface area (Å²) in [5, 5.41) is 28.6. The van der Waals surface area contributed by atoms with Crippen molar-refractivity contribution in [3.05, 3.63) is 146 Å². The average Bonchev–Trinajstić information content (AvgIpc) is 3.17. The molecule has 0 aliphatic heterocycles. The van der Waals surface area contributed by atoms with Crippen molar-refractivity contribution in [2.45, 2.75) is 35.5 Å². The van der Waals surface area contributed by atoms with Crippen LogP contribution in [0.5, 0.6) is 34.5 Å². The fraction of sp³-hybridized carbons (Fsp3) is 0.0769. The van der Waals surface area contributed by atoms with Gasteiger partial charge in [0.15, 0.2) is 6.10 Å². The first-order valence-corrected chi connectivity index (χ1v) is 20.5. The highest BCUT2D eigenvalue weighted by atomic mass is 32.2. The molecule has 0 heterocycles. The standard InChI is InChI=1S/C39H32O12S3/c40-27-1-13-34(14-2-27)52(43,44)37-19-7-30(8-20-37)49-25-33(51-32-11-23-39(24-12-32)54(47,48)36-17-5-29(42)6-18-36)26-50-31-9-21-38(22-10-31)53(45,46)35-15-3-28(41)4-16-35/h1-24,33,40-42H,25-26H2. The summed E-state index contributed by atoms with van der Waals surface area (Å²) in [6, 6.07) is 32.6. The Bertz CT molecular complexity index is 2420. The van der Waals surface area contributed by atoms with Gasteiger partial charge >= 0.3 is 0 Å². The van der Waals surface area contributed by atoms with Gasteiger partial charge in [-0.05, 0) is 146 Å². The number of rotatable bonds is 14. The van der Waals surface area contributed by atoms with Crippen LogP contribution in [0.25, 0.3) is 0 Å². The molecule has 0 aromatic heterocycles. The van der Waals surface area contributed by atoms with Crippen LogP contribution in [0.3, 0.4) is 0 Å². The van der Waals surface area contributed by atoms with Crippen molar-refractivity contribution in [3.8, 4) is 34.5 Å². The fourth-order valence-corrected chi connectivity index (χ4v) is 8.88. The molecule has 0 amide bonds. The molecule has 6 aromatic carbocycles. The van der Waals surface area contributed by atoms with E-state index >= 15 is 0 Å². The van der Waals surface area contributed by atoms with Gasteiger partial charge in [-0.1, -0.05) is 0 Å². The first-order valence-electron chi connectivity index (χ1n) is 16.1. The number of benzene rings is 6. The molecule has 0 aliphatic carbocycles. The average molecular weight is 789 g/mol. The summed E-state index contributed by atoms with van der Waals surface area (Å²) >= 11 is 0. The summed E-state index contributed by atoms with van der Waals surface area (Å²) in [4.78, 5) is 0.0244. The van der Waals surface area contributed by atoms with Crippen molar-refractivity contribution < 1.29 is 54.8 Å². The van der Waals surface area contributed by atoms with Crippen LogP contribution in [-0.4, -0.2) is 59.9 Å². The van der Waals surface area contributed by atoms with Crippen LogP contribution in [0, 0.1) is 0 Å². The molecule has 0 saturated heterocycles. The highest BCUT2D eigenvalue weighted by Crippen LogP contribution is 2.28. The van der Waals surface area contributed by atoms with Crippen LogP contribution in [0.4, 0.5) is 0 Å². The minimum atomic E-state index is -3.89. The first-order chi connectivity index (χ1) is 25.7. The Morgan fingerprint density at radius 2 is 0.574 bits per heavy atom. The zero-order valence-corrected chi connectivity index (χ0v) is 30.5. The van der Waals surface area contributed by atoms with Gasteiger partial charge in [0, 0.05) is 0 Å². The summed E-state index contributed by atoms with van der Waals surface area (Å²) in [7, 11) is -11.6. The van der Waals surface area contributed by atoms with E-state index in [2.05, 4.69) is 0 Å². The quantitative estimate of drug-likeness (QED) is 0.113. The minimum absolute atomic E-state index is 0.00239.